The van der Waals surface area contributed by atoms with Crippen LogP contribution in [-0.2, 0) is 10.2 Å². The molecule has 0 aliphatic carbocycles. The number of carbonyl (C=O) groups excluding carboxylic acids is 1. The average Bonchev–Trinajstić information content (AvgIpc) is 2.38. The first-order valence-electron chi connectivity index (χ1n) is 7.53. The summed E-state index contributed by atoms with van der Waals surface area (Å²) in [5, 5.41) is 6.45. The van der Waals surface area contributed by atoms with Gasteiger partial charge in [0.25, 0.3) is 0 Å². The van der Waals surface area contributed by atoms with Crippen LogP contribution in [0.2, 0.25) is 0 Å². The van der Waals surface area contributed by atoms with E-state index < -0.39 is 0 Å². The number of piperidine rings is 1. The van der Waals surface area contributed by atoms with Crippen molar-refractivity contribution in [3.8, 4) is 0 Å². The second-order valence-corrected chi connectivity index (χ2v) is 6.84. The molecule has 0 bridgehead atoms. The van der Waals surface area contributed by atoms with Crippen molar-refractivity contribution in [1.29, 1.82) is 0 Å². The number of hydrogen-bond acceptors (Lipinski definition) is 2. The Hall–Kier alpha value is -1.35. The molecular formula is C17H26N2O. The second-order valence-electron chi connectivity index (χ2n) is 6.84. The van der Waals surface area contributed by atoms with Gasteiger partial charge < -0.3 is 10.6 Å². The van der Waals surface area contributed by atoms with Crippen LogP contribution in [0.25, 0.3) is 0 Å². The number of carbonyl (C=O) groups is 1. The van der Waals surface area contributed by atoms with E-state index in [1.54, 1.807) is 0 Å². The van der Waals surface area contributed by atoms with Gasteiger partial charge in [-0.1, -0.05) is 45.9 Å². The number of nitrogens with one attached hydrogen (secondary N) is 2. The molecule has 2 unspecified atom stereocenters. The van der Waals surface area contributed by atoms with Crippen LogP contribution in [0.15, 0.2) is 24.3 Å². The number of anilines is 1. The highest BCUT2D eigenvalue weighted by molar-refractivity contribution is 5.95. The molecule has 1 saturated heterocycles. The molecule has 0 radical (unpaired) electrons. The van der Waals surface area contributed by atoms with Gasteiger partial charge >= 0.3 is 0 Å². The Bertz CT molecular complexity index is 476. The Kier molecular flexibility index (Phi) is 4.48. The number of amides is 1. The third kappa shape index (κ3) is 3.40. The Morgan fingerprint density at radius 2 is 2.00 bits per heavy atom. The Balaban J connectivity index is 2.16. The fourth-order valence-electron chi connectivity index (χ4n) is 2.86. The van der Waals surface area contributed by atoms with Crippen LogP contribution in [0.5, 0.6) is 0 Å². The van der Waals surface area contributed by atoms with Gasteiger partial charge in [-0.3, -0.25) is 4.79 Å². The molecular weight excluding hydrogens is 248 g/mol. The van der Waals surface area contributed by atoms with Gasteiger partial charge in [0.2, 0.25) is 5.91 Å². The molecule has 0 spiro atoms. The molecule has 0 saturated carbocycles. The summed E-state index contributed by atoms with van der Waals surface area (Å²) in [6.07, 6.45) is 2.27. The molecule has 1 aromatic carbocycles. The summed E-state index contributed by atoms with van der Waals surface area (Å²) in [5.41, 5.74) is 2.14. The van der Waals surface area contributed by atoms with Crippen LogP contribution < -0.4 is 10.6 Å². The lowest BCUT2D eigenvalue weighted by Gasteiger charge is -2.30. The predicted octanol–water partition coefficient (Wildman–Crippen LogP) is 3.31. The standard InChI is InChI=1S/C17H26N2O/c1-12-8-7-11-18-15(12)16(20)19-14-10-6-5-9-13(14)17(2,3)4/h5-6,9-10,12,15,18H,7-8,11H2,1-4H3,(H,19,20). The zero-order valence-corrected chi connectivity index (χ0v) is 13.0. The monoisotopic (exact) mass is 274 g/mol. The van der Waals surface area contributed by atoms with Gasteiger partial charge in [-0.05, 0) is 42.3 Å². The number of benzene rings is 1. The maximum atomic E-state index is 12.5. The third-order valence-corrected chi connectivity index (χ3v) is 4.04. The van der Waals surface area contributed by atoms with Gasteiger partial charge in [0.1, 0.15) is 0 Å². The van der Waals surface area contributed by atoms with Crippen molar-refractivity contribution in [3.05, 3.63) is 29.8 Å². The van der Waals surface area contributed by atoms with E-state index in [0.717, 1.165) is 25.1 Å². The minimum atomic E-state index is -0.0724. The van der Waals surface area contributed by atoms with E-state index in [9.17, 15) is 4.79 Å². The number of para-hydroxylation sites is 1. The topological polar surface area (TPSA) is 41.1 Å². The van der Waals surface area contributed by atoms with E-state index in [2.05, 4.69) is 44.4 Å². The summed E-state index contributed by atoms with van der Waals surface area (Å²) < 4.78 is 0. The number of rotatable bonds is 2. The molecule has 2 rings (SSSR count). The molecule has 1 fully saturated rings. The van der Waals surface area contributed by atoms with E-state index in [1.165, 1.54) is 5.56 Å². The summed E-state index contributed by atoms with van der Waals surface area (Å²) >= 11 is 0. The molecule has 2 atom stereocenters. The van der Waals surface area contributed by atoms with Crippen molar-refractivity contribution in [2.45, 2.75) is 52.0 Å². The Labute approximate surface area is 122 Å². The van der Waals surface area contributed by atoms with E-state index >= 15 is 0 Å². The maximum absolute atomic E-state index is 12.5. The quantitative estimate of drug-likeness (QED) is 0.868. The van der Waals surface area contributed by atoms with Gasteiger partial charge in [0.15, 0.2) is 0 Å². The largest absolute Gasteiger partial charge is 0.324 e. The van der Waals surface area contributed by atoms with Crippen LogP contribution in [0, 0.1) is 5.92 Å². The summed E-state index contributed by atoms with van der Waals surface area (Å²) in [5.74, 6) is 0.486. The molecule has 0 aromatic heterocycles. The van der Waals surface area contributed by atoms with E-state index in [4.69, 9.17) is 0 Å². The highest BCUT2D eigenvalue weighted by Gasteiger charge is 2.28. The lowest BCUT2D eigenvalue weighted by Crippen LogP contribution is -2.48. The van der Waals surface area contributed by atoms with Crippen LogP contribution in [0.1, 0.15) is 46.1 Å². The second kappa shape index (κ2) is 5.96. The fourth-order valence-corrected chi connectivity index (χ4v) is 2.86. The van der Waals surface area contributed by atoms with E-state index in [-0.39, 0.29) is 17.4 Å². The smallest absolute Gasteiger partial charge is 0.241 e. The summed E-state index contributed by atoms with van der Waals surface area (Å²) in [7, 11) is 0. The Morgan fingerprint density at radius 3 is 2.65 bits per heavy atom. The van der Waals surface area contributed by atoms with Gasteiger partial charge in [-0.15, -0.1) is 0 Å². The zero-order chi connectivity index (χ0) is 14.8. The molecule has 20 heavy (non-hydrogen) atoms. The molecule has 1 aliphatic heterocycles. The van der Waals surface area contributed by atoms with Gasteiger partial charge in [0.05, 0.1) is 6.04 Å². The first kappa shape index (κ1) is 15.0. The Morgan fingerprint density at radius 1 is 1.30 bits per heavy atom. The van der Waals surface area contributed by atoms with Gasteiger partial charge in [-0.25, -0.2) is 0 Å². The van der Waals surface area contributed by atoms with Crippen molar-refractivity contribution in [2.24, 2.45) is 5.92 Å². The van der Waals surface area contributed by atoms with Gasteiger partial charge in [0, 0.05) is 5.69 Å². The minimum Gasteiger partial charge on any atom is -0.324 e. The highest BCUT2D eigenvalue weighted by atomic mass is 16.2. The summed E-state index contributed by atoms with van der Waals surface area (Å²) in [6, 6.07) is 8.01. The lowest BCUT2D eigenvalue weighted by atomic mass is 9.85. The lowest BCUT2D eigenvalue weighted by molar-refractivity contribution is -0.119. The molecule has 1 heterocycles. The third-order valence-electron chi connectivity index (χ3n) is 4.04. The minimum absolute atomic E-state index is 0.0233. The number of hydrogen-bond donors (Lipinski definition) is 2. The molecule has 3 heteroatoms. The first-order chi connectivity index (χ1) is 9.39. The highest BCUT2D eigenvalue weighted by Crippen LogP contribution is 2.29. The molecule has 110 valence electrons. The zero-order valence-electron chi connectivity index (χ0n) is 13.0. The normalized spacial score (nSPS) is 23.4. The van der Waals surface area contributed by atoms with Crippen molar-refractivity contribution in [3.63, 3.8) is 0 Å². The van der Waals surface area contributed by atoms with Gasteiger partial charge in [-0.2, -0.15) is 0 Å². The SMILES string of the molecule is CC1CCCNC1C(=O)Nc1ccccc1C(C)(C)C. The maximum Gasteiger partial charge on any atom is 0.241 e. The molecule has 3 nitrogen and oxygen atoms in total. The summed E-state index contributed by atoms with van der Waals surface area (Å²) in [6.45, 7) is 9.58. The van der Waals surface area contributed by atoms with Crippen LogP contribution in [-0.4, -0.2) is 18.5 Å². The molecule has 2 N–H and O–H groups in total. The molecule has 1 amide bonds. The van der Waals surface area contributed by atoms with Crippen molar-refractivity contribution >= 4 is 11.6 Å². The van der Waals surface area contributed by atoms with Crippen molar-refractivity contribution in [2.75, 3.05) is 11.9 Å². The summed E-state index contributed by atoms with van der Waals surface area (Å²) in [4.78, 5) is 12.5. The predicted molar refractivity (Wildman–Crippen MR) is 84.0 cm³/mol. The van der Waals surface area contributed by atoms with Crippen molar-refractivity contribution < 1.29 is 4.79 Å². The first-order valence-corrected chi connectivity index (χ1v) is 7.53. The van der Waals surface area contributed by atoms with Crippen LogP contribution >= 0.6 is 0 Å². The molecule has 1 aliphatic rings. The van der Waals surface area contributed by atoms with Crippen LogP contribution in [0.4, 0.5) is 5.69 Å². The van der Waals surface area contributed by atoms with Crippen LogP contribution in [0.3, 0.4) is 0 Å². The van der Waals surface area contributed by atoms with E-state index in [1.807, 2.05) is 18.2 Å². The average molecular weight is 274 g/mol. The molecule has 1 aromatic rings. The fraction of sp³-hybridized carbons (Fsp3) is 0.588. The van der Waals surface area contributed by atoms with E-state index in [0.29, 0.717) is 5.92 Å². The van der Waals surface area contributed by atoms with Crippen molar-refractivity contribution in [1.82, 2.24) is 5.32 Å².